The summed E-state index contributed by atoms with van der Waals surface area (Å²) < 4.78 is 0. The summed E-state index contributed by atoms with van der Waals surface area (Å²) in [5.41, 5.74) is 7.84. The standard InChI is InChI=1S/C21H21ClN2O/c1-14(25)24-9-6-15(7-10-24)20-12-17-11-18(22)5-4-16(17)13-21-19(20)3-2-8-23-21/h2-5,8,11H,6-7,9-10,12-13H2,1H3. The molecule has 2 aliphatic rings. The summed E-state index contributed by atoms with van der Waals surface area (Å²) in [7, 11) is 0. The van der Waals surface area contributed by atoms with Gasteiger partial charge < -0.3 is 4.90 Å². The van der Waals surface area contributed by atoms with Crippen molar-refractivity contribution in [2.24, 2.45) is 0 Å². The molecule has 1 saturated heterocycles. The van der Waals surface area contributed by atoms with Crippen molar-refractivity contribution in [3.05, 3.63) is 69.5 Å². The fourth-order valence-electron chi connectivity index (χ4n) is 3.96. The maximum atomic E-state index is 11.6. The van der Waals surface area contributed by atoms with Crippen LogP contribution in [0.4, 0.5) is 0 Å². The molecule has 4 rings (SSSR count). The van der Waals surface area contributed by atoms with Crippen LogP contribution in [-0.2, 0) is 17.6 Å². The first-order chi connectivity index (χ1) is 12.1. The normalized spacial score (nSPS) is 17.0. The number of pyridine rings is 1. The lowest BCUT2D eigenvalue weighted by Crippen LogP contribution is -2.34. The zero-order chi connectivity index (χ0) is 17.4. The quantitative estimate of drug-likeness (QED) is 0.709. The van der Waals surface area contributed by atoms with Crippen molar-refractivity contribution in [1.29, 1.82) is 0 Å². The van der Waals surface area contributed by atoms with Crippen LogP contribution in [0.1, 0.15) is 42.1 Å². The smallest absolute Gasteiger partial charge is 0.219 e. The molecule has 1 amide bonds. The highest BCUT2D eigenvalue weighted by Crippen LogP contribution is 2.36. The summed E-state index contributed by atoms with van der Waals surface area (Å²) in [4.78, 5) is 18.2. The summed E-state index contributed by atoms with van der Waals surface area (Å²) in [6.07, 6.45) is 5.50. The Kier molecular flexibility index (Phi) is 4.34. The van der Waals surface area contributed by atoms with Gasteiger partial charge in [0.25, 0.3) is 0 Å². The van der Waals surface area contributed by atoms with E-state index in [4.69, 9.17) is 11.6 Å². The van der Waals surface area contributed by atoms with Crippen LogP contribution >= 0.6 is 11.6 Å². The molecule has 0 radical (unpaired) electrons. The Morgan fingerprint density at radius 2 is 1.92 bits per heavy atom. The van der Waals surface area contributed by atoms with Crippen molar-refractivity contribution in [2.45, 2.75) is 32.6 Å². The zero-order valence-electron chi connectivity index (χ0n) is 14.4. The molecule has 25 heavy (non-hydrogen) atoms. The van der Waals surface area contributed by atoms with Crippen molar-refractivity contribution in [1.82, 2.24) is 9.88 Å². The van der Waals surface area contributed by atoms with Gasteiger partial charge in [0.15, 0.2) is 0 Å². The molecule has 0 N–H and O–H groups in total. The van der Waals surface area contributed by atoms with Gasteiger partial charge in [-0.25, -0.2) is 0 Å². The fourth-order valence-corrected chi connectivity index (χ4v) is 4.15. The van der Waals surface area contributed by atoms with E-state index in [-0.39, 0.29) is 5.91 Å². The molecule has 3 nitrogen and oxygen atoms in total. The third kappa shape index (κ3) is 3.21. The van der Waals surface area contributed by atoms with Gasteiger partial charge in [-0.3, -0.25) is 9.78 Å². The van der Waals surface area contributed by atoms with E-state index in [0.717, 1.165) is 49.5 Å². The number of rotatable bonds is 0. The number of allylic oxidation sites excluding steroid dienone is 1. The number of piperidine rings is 1. The van der Waals surface area contributed by atoms with Crippen LogP contribution < -0.4 is 0 Å². The van der Waals surface area contributed by atoms with Crippen molar-refractivity contribution < 1.29 is 4.79 Å². The van der Waals surface area contributed by atoms with E-state index in [1.54, 1.807) is 6.92 Å². The number of hydrogen-bond donors (Lipinski definition) is 0. The van der Waals surface area contributed by atoms with Crippen molar-refractivity contribution >= 4 is 23.1 Å². The van der Waals surface area contributed by atoms with Gasteiger partial charge in [-0.05, 0) is 59.7 Å². The monoisotopic (exact) mass is 352 g/mol. The minimum Gasteiger partial charge on any atom is -0.342 e. The summed E-state index contributed by atoms with van der Waals surface area (Å²) >= 11 is 6.25. The molecular formula is C21H21ClN2O. The third-order valence-electron chi connectivity index (χ3n) is 5.35. The summed E-state index contributed by atoms with van der Waals surface area (Å²) in [5, 5.41) is 0.786. The number of benzene rings is 1. The van der Waals surface area contributed by atoms with Gasteiger partial charge in [0.05, 0.1) is 5.69 Å². The topological polar surface area (TPSA) is 33.2 Å². The molecule has 1 aromatic carbocycles. The minimum absolute atomic E-state index is 0.170. The molecule has 1 aliphatic heterocycles. The Morgan fingerprint density at radius 3 is 2.68 bits per heavy atom. The third-order valence-corrected chi connectivity index (χ3v) is 5.58. The Hall–Kier alpha value is -2.13. The van der Waals surface area contributed by atoms with Gasteiger partial charge in [0.1, 0.15) is 0 Å². The van der Waals surface area contributed by atoms with Crippen LogP contribution in [0.2, 0.25) is 5.02 Å². The van der Waals surface area contributed by atoms with Crippen molar-refractivity contribution in [3.63, 3.8) is 0 Å². The molecule has 2 heterocycles. The predicted molar refractivity (Wildman–Crippen MR) is 101 cm³/mol. The number of halogens is 1. The van der Waals surface area contributed by atoms with Crippen LogP contribution in [0.3, 0.4) is 0 Å². The van der Waals surface area contributed by atoms with Gasteiger partial charge >= 0.3 is 0 Å². The fraction of sp³-hybridized carbons (Fsp3) is 0.333. The molecule has 0 saturated carbocycles. The zero-order valence-corrected chi connectivity index (χ0v) is 15.1. The summed E-state index contributed by atoms with van der Waals surface area (Å²) in [5.74, 6) is 0.170. The number of carbonyl (C=O) groups excluding carboxylic acids is 1. The van der Waals surface area contributed by atoms with Crippen molar-refractivity contribution in [2.75, 3.05) is 13.1 Å². The average Bonchev–Trinajstić information content (AvgIpc) is 2.78. The van der Waals surface area contributed by atoms with Gasteiger partial charge in [0.2, 0.25) is 5.91 Å². The lowest BCUT2D eigenvalue weighted by atomic mass is 9.89. The number of nitrogens with zero attached hydrogens (tertiary/aromatic N) is 2. The van der Waals surface area contributed by atoms with E-state index in [1.807, 2.05) is 23.2 Å². The lowest BCUT2D eigenvalue weighted by molar-refractivity contribution is -0.129. The highest BCUT2D eigenvalue weighted by Gasteiger charge is 2.24. The first-order valence-electron chi connectivity index (χ1n) is 8.80. The second kappa shape index (κ2) is 6.64. The molecule has 0 bridgehead atoms. The van der Waals surface area contributed by atoms with Gasteiger partial charge in [-0.2, -0.15) is 0 Å². The molecular weight excluding hydrogens is 332 g/mol. The van der Waals surface area contributed by atoms with Crippen LogP contribution in [-0.4, -0.2) is 28.9 Å². The van der Waals surface area contributed by atoms with Gasteiger partial charge in [-0.1, -0.05) is 29.3 Å². The average molecular weight is 353 g/mol. The van der Waals surface area contributed by atoms with E-state index in [9.17, 15) is 4.79 Å². The molecule has 1 aromatic heterocycles. The molecule has 0 unspecified atom stereocenters. The van der Waals surface area contributed by atoms with Crippen LogP contribution in [0.5, 0.6) is 0 Å². The van der Waals surface area contributed by atoms with E-state index in [1.165, 1.54) is 27.8 Å². The SMILES string of the molecule is CC(=O)N1CCC(=C2Cc3cc(Cl)ccc3Cc3ncccc32)CC1. The molecule has 1 aliphatic carbocycles. The maximum absolute atomic E-state index is 11.6. The highest BCUT2D eigenvalue weighted by molar-refractivity contribution is 6.30. The van der Waals surface area contributed by atoms with Crippen LogP contribution in [0, 0.1) is 0 Å². The number of hydrogen-bond acceptors (Lipinski definition) is 2. The van der Waals surface area contributed by atoms with E-state index >= 15 is 0 Å². The largest absolute Gasteiger partial charge is 0.342 e. The first kappa shape index (κ1) is 16.3. The number of amides is 1. The van der Waals surface area contributed by atoms with E-state index < -0.39 is 0 Å². The Bertz CT molecular complexity index is 862. The Balaban J connectivity index is 1.78. The maximum Gasteiger partial charge on any atom is 0.219 e. The molecule has 1 fully saturated rings. The van der Waals surface area contributed by atoms with Crippen LogP contribution in [0.15, 0.2) is 42.1 Å². The summed E-state index contributed by atoms with van der Waals surface area (Å²) in [6.45, 7) is 3.28. The number of carbonyl (C=O) groups is 1. The van der Waals surface area contributed by atoms with Gasteiger partial charge in [-0.15, -0.1) is 0 Å². The van der Waals surface area contributed by atoms with Crippen molar-refractivity contribution in [3.8, 4) is 0 Å². The van der Waals surface area contributed by atoms with E-state index in [0.29, 0.717) is 0 Å². The first-order valence-corrected chi connectivity index (χ1v) is 9.17. The molecule has 0 spiro atoms. The molecule has 4 heteroatoms. The van der Waals surface area contributed by atoms with E-state index in [2.05, 4.69) is 23.2 Å². The highest BCUT2D eigenvalue weighted by atomic mass is 35.5. The predicted octanol–water partition coefficient (Wildman–Crippen LogP) is 4.28. The molecule has 2 aromatic rings. The second-order valence-corrected chi connectivity index (χ2v) is 7.29. The second-order valence-electron chi connectivity index (χ2n) is 6.85. The summed E-state index contributed by atoms with van der Waals surface area (Å²) in [6, 6.07) is 10.4. The lowest BCUT2D eigenvalue weighted by Gasteiger charge is -2.29. The minimum atomic E-state index is 0.170. The molecule has 128 valence electrons. The van der Waals surface area contributed by atoms with Gasteiger partial charge in [0, 0.05) is 37.7 Å². The Morgan fingerprint density at radius 1 is 1.12 bits per heavy atom. The number of likely N-dealkylation sites (tertiary alicyclic amines) is 1. The number of aromatic nitrogens is 1. The van der Waals surface area contributed by atoms with Crippen LogP contribution in [0.25, 0.3) is 5.57 Å². The number of fused-ring (bicyclic) bond motifs is 2. The molecule has 0 atom stereocenters. The Labute approximate surface area is 153 Å².